The summed E-state index contributed by atoms with van der Waals surface area (Å²) in [7, 11) is 1.52. The maximum atomic E-state index is 10.7. The molecule has 0 radical (unpaired) electrons. The molecule has 0 atom stereocenters. The minimum Gasteiger partial charge on any atom is -0.359 e. The van der Waals surface area contributed by atoms with E-state index in [1.54, 1.807) is 0 Å². The Morgan fingerprint density at radius 3 is 2.42 bits per heavy atom. The summed E-state index contributed by atoms with van der Waals surface area (Å²) in [6, 6.07) is 0. The van der Waals surface area contributed by atoms with Crippen LogP contribution in [0.25, 0.3) is 0 Å². The molecular formula is C7H14N2O3. The molecule has 1 N–H and O–H groups in total. The van der Waals surface area contributed by atoms with E-state index in [0.29, 0.717) is 0 Å². The Hall–Kier alpha value is -1.13. The Morgan fingerprint density at radius 2 is 2.08 bits per heavy atom. The van der Waals surface area contributed by atoms with Gasteiger partial charge in [-0.1, -0.05) is 0 Å². The molecule has 0 aliphatic heterocycles. The van der Waals surface area contributed by atoms with E-state index in [9.17, 15) is 14.9 Å². The lowest BCUT2D eigenvalue weighted by molar-refractivity contribution is -0.561. The van der Waals surface area contributed by atoms with E-state index in [0.717, 1.165) is 0 Å². The molecule has 1 amide bonds. The van der Waals surface area contributed by atoms with E-state index in [4.69, 9.17) is 0 Å². The Bertz CT molecular complexity index is 189. The molecule has 0 rings (SSSR count). The van der Waals surface area contributed by atoms with Crippen LogP contribution in [0.15, 0.2) is 0 Å². The SMILES string of the molecule is CNC(=O)CCC(C)(C)[N+](=O)[O-]. The molecule has 0 fully saturated rings. The summed E-state index contributed by atoms with van der Waals surface area (Å²) < 4.78 is 0. The van der Waals surface area contributed by atoms with Crippen LogP contribution in [-0.4, -0.2) is 23.4 Å². The molecule has 0 unspecified atom stereocenters. The molecule has 0 aliphatic rings. The van der Waals surface area contributed by atoms with Gasteiger partial charge in [-0.05, 0) is 0 Å². The number of nitro groups is 1. The molecule has 5 heteroatoms. The zero-order valence-corrected chi connectivity index (χ0v) is 7.59. The molecule has 0 saturated heterocycles. The highest BCUT2D eigenvalue weighted by Gasteiger charge is 2.30. The number of hydrogen-bond acceptors (Lipinski definition) is 3. The van der Waals surface area contributed by atoms with Crippen LogP contribution in [0.4, 0.5) is 0 Å². The summed E-state index contributed by atoms with van der Waals surface area (Å²) in [5.41, 5.74) is -1.01. The van der Waals surface area contributed by atoms with Crippen molar-refractivity contribution < 1.29 is 9.72 Å². The largest absolute Gasteiger partial charge is 0.359 e. The van der Waals surface area contributed by atoms with Crippen LogP contribution < -0.4 is 5.32 Å². The van der Waals surface area contributed by atoms with Crippen LogP contribution in [-0.2, 0) is 4.79 Å². The molecule has 12 heavy (non-hydrogen) atoms. The van der Waals surface area contributed by atoms with Crippen molar-refractivity contribution in [3.63, 3.8) is 0 Å². The Morgan fingerprint density at radius 1 is 1.58 bits per heavy atom. The highest BCUT2D eigenvalue weighted by molar-refractivity contribution is 5.75. The molecule has 70 valence electrons. The topological polar surface area (TPSA) is 72.2 Å². The van der Waals surface area contributed by atoms with E-state index >= 15 is 0 Å². The fourth-order valence-electron chi connectivity index (χ4n) is 0.636. The highest BCUT2D eigenvalue weighted by atomic mass is 16.6. The van der Waals surface area contributed by atoms with Crippen LogP contribution in [0.1, 0.15) is 26.7 Å². The van der Waals surface area contributed by atoms with Crippen molar-refractivity contribution in [1.82, 2.24) is 5.32 Å². The summed E-state index contributed by atoms with van der Waals surface area (Å²) >= 11 is 0. The van der Waals surface area contributed by atoms with Crippen molar-refractivity contribution in [2.75, 3.05) is 7.05 Å². The fraction of sp³-hybridized carbons (Fsp3) is 0.857. The third kappa shape index (κ3) is 3.32. The van der Waals surface area contributed by atoms with Gasteiger partial charge >= 0.3 is 0 Å². The van der Waals surface area contributed by atoms with Gasteiger partial charge in [-0.25, -0.2) is 0 Å². The average molecular weight is 174 g/mol. The number of hydrogen-bond donors (Lipinski definition) is 1. The Kier molecular flexibility index (Phi) is 3.66. The summed E-state index contributed by atoms with van der Waals surface area (Å²) in [5, 5.41) is 12.8. The summed E-state index contributed by atoms with van der Waals surface area (Å²) in [5.74, 6) is -0.162. The first-order valence-corrected chi connectivity index (χ1v) is 3.75. The zero-order chi connectivity index (χ0) is 9.78. The van der Waals surface area contributed by atoms with Crippen molar-refractivity contribution >= 4 is 5.91 Å². The van der Waals surface area contributed by atoms with Gasteiger partial charge in [0, 0.05) is 38.7 Å². The molecule has 0 saturated carbocycles. The first-order chi connectivity index (χ1) is 5.40. The molecule has 0 spiro atoms. The monoisotopic (exact) mass is 174 g/mol. The fourth-order valence-corrected chi connectivity index (χ4v) is 0.636. The molecular weight excluding hydrogens is 160 g/mol. The normalized spacial score (nSPS) is 10.9. The second-order valence-corrected chi connectivity index (χ2v) is 3.24. The maximum absolute atomic E-state index is 10.7. The number of nitrogens with zero attached hydrogens (tertiary/aromatic N) is 1. The lowest BCUT2D eigenvalue weighted by Crippen LogP contribution is -2.32. The van der Waals surface area contributed by atoms with Crippen LogP contribution in [0.5, 0.6) is 0 Å². The van der Waals surface area contributed by atoms with E-state index in [2.05, 4.69) is 5.32 Å². The first kappa shape index (κ1) is 10.9. The molecule has 0 aromatic rings. The number of rotatable bonds is 4. The minimum absolute atomic E-state index is 0.162. The quantitative estimate of drug-likeness (QED) is 0.500. The van der Waals surface area contributed by atoms with Gasteiger partial charge in [-0.15, -0.1) is 0 Å². The maximum Gasteiger partial charge on any atom is 0.220 e. The molecule has 0 bridgehead atoms. The van der Waals surface area contributed by atoms with Crippen LogP contribution >= 0.6 is 0 Å². The Labute approximate surface area is 71.3 Å². The van der Waals surface area contributed by atoms with Crippen LogP contribution in [0.2, 0.25) is 0 Å². The standard InChI is InChI=1S/C7H14N2O3/c1-7(2,9(11)12)5-4-6(10)8-3/h4-5H2,1-3H3,(H,8,10). The van der Waals surface area contributed by atoms with Gasteiger partial charge in [-0.2, -0.15) is 0 Å². The van der Waals surface area contributed by atoms with Gasteiger partial charge in [0.2, 0.25) is 11.4 Å². The van der Waals surface area contributed by atoms with Crippen molar-refractivity contribution in [2.45, 2.75) is 32.2 Å². The second kappa shape index (κ2) is 4.04. The predicted octanol–water partition coefficient (Wildman–Crippen LogP) is 0.568. The van der Waals surface area contributed by atoms with Crippen molar-refractivity contribution in [2.24, 2.45) is 0 Å². The average Bonchev–Trinajstić information content (AvgIpc) is 2.00. The lowest BCUT2D eigenvalue weighted by Gasteiger charge is -2.14. The van der Waals surface area contributed by atoms with Gasteiger partial charge in [0.1, 0.15) is 0 Å². The molecule has 5 nitrogen and oxygen atoms in total. The highest BCUT2D eigenvalue weighted by Crippen LogP contribution is 2.14. The van der Waals surface area contributed by atoms with Gasteiger partial charge < -0.3 is 5.32 Å². The molecule has 0 heterocycles. The van der Waals surface area contributed by atoms with Gasteiger partial charge in [0.15, 0.2) is 0 Å². The second-order valence-electron chi connectivity index (χ2n) is 3.24. The first-order valence-electron chi connectivity index (χ1n) is 3.75. The van der Waals surface area contributed by atoms with Crippen LogP contribution in [0, 0.1) is 10.1 Å². The summed E-state index contributed by atoms with van der Waals surface area (Å²) in [4.78, 5) is 20.8. The summed E-state index contributed by atoms with van der Waals surface area (Å²) in [6.07, 6.45) is 0.462. The van der Waals surface area contributed by atoms with Crippen LogP contribution in [0.3, 0.4) is 0 Å². The number of amides is 1. The third-order valence-corrected chi connectivity index (χ3v) is 1.74. The summed E-state index contributed by atoms with van der Waals surface area (Å²) in [6.45, 7) is 3.02. The third-order valence-electron chi connectivity index (χ3n) is 1.74. The molecule has 0 aromatic carbocycles. The van der Waals surface area contributed by atoms with E-state index in [1.807, 2.05) is 0 Å². The lowest BCUT2D eigenvalue weighted by atomic mass is 9.99. The predicted molar refractivity (Wildman–Crippen MR) is 44.4 cm³/mol. The smallest absolute Gasteiger partial charge is 0.220 e. The van der Waals surface area contributed by atoms with E-state index in [-0.39, 0.29) is 23.7 Å². The Balaban J connectivity index is 3.92. The van der Waals surface area contributed by atoms with Gasteiger partial charge in [0.05, 0.1) is 0 Å². The minimum atomic E-state index is -1.01. The van der Waals surface area contributed by atoms with Crippen molar-refractivity contribution in [1.29, 1.82) is 0 Å². The van der Waals surface area contributed by atoms with Crippen molar-refractivity contribution in [3.8, 4) is 0 Å². The van der Waals surface area contributed by atoms with E-state index in [1.165, 1.54) is 20.9 Å². The number of carbonyl (C=O) groups excluding carboxylic acids is 1. The van der Waals surface area contributed by atoms with Crippen molar-refractivity contribution in [3.05, 3.63) is 10.1 Å². The molecule has 0 aliphatic carbocycles. The van der Waals surface area contributed by atoms with E-state index < -0.39 is 5.54 Å². The number of carbonyl (C=O) groups is 1. The number of nitrogens with one attached hydrogen (secondary N) is 1. The molecule has 0 aromatic heterocycles. The zero-order valence-electron chi connectivity index (χ0n) is 7.59. The van der Waals surface area contributed by atoms with Gasteiger partial charge in [0.25, 0.3) is 0 Å². The van der Waals surface area contributed by atoms with Gasteiger partial charge in [-0.3, -0.25) is 14.9 Å².